The molecule has 3 N–H and O–H groups in total. The number of amides is 2. The van der Waals surface area contributed by atoms with E-state index in [1.165, 1.54) is 6.07 Å². The van der Waals surface area contributed by atoms with Gasteiger partial charge in [0.2, 0.25) is 5.56 Å². The van der Waals surface area contributed by atoms with Gasteiger partial charge in [-0.2, -0.15) is 0 Å². The van der Waals surface area contributed by atoms with E-state index in [1.54, 1.807) is 26.1 Å². The van der Waals surface area contributed by atoms with Gasteiger partial charge in [0.25, 0.3) is 5.91 Å². The second-order valence-corrected chi connectivity index (χ2v) is 7.26. The fourth-order valence-electron chi connectivity index (χ4n) is 3.58. The number of rotatable bonds is 6. The van der Waals surface area contributed by atoms with Gasteiger partial charge in [-0.1, -0.05) is 0 Å². The predicted octanol–water partition coefficient (Wildman–Crippen LogP) is 1.33. The van der Waals surface area contributed by atoms with Gasteiger partial charge in [-0.3, -0.25) is 19.8 Å². The third-order valence-electron chi connectivity index (χ3n) is 5.05. The first-order valence-corrected chi connectivity index (χ1v) is 10.2. The van der Waals surface area contributed by atoms with Crippen molar-refractivity contribution in [1.82, 2.24) is 20.2 Å². The van der Waals surface area contributed by atoms with Crippen LogP contribution in [0.2, 0.25) is 0 Å². The Hall–Kier alpha value is -3.40. The highest BCUT2D eigenvalue weighted by atomic mass is 16.5. The number of anilines is 2. The first kappa shape index (κ1) is 22.3. The van der Waals surface area contributed by atoms with Crippen LogP contribution in [-0.4, -0.2) is 66.7 Å². The van der Waals surface area contributed by atoms with Gasteiger partial charge in [0.15, 0.2) is 0 Å². The van der Waals surface area contributed by atoms with Crippen molar-refractivity contribution in [3.63, 3.8) is 0 Å². The van der Waals surface area contributed by atoms with Crippen LogP contribution < -0.4 is 21.1 Å². The Balaban J connectivity index is 1.60. The third kappa shape index (κ3) is 5.82. The van der Waals surface area contributed by atoms with E-state index in [4.69, 9.17) is 4.74 Å². The highest BCUT2D eigenvalue weighted by Gasteiger charge is 2.20. The van der Waals surface area contributed by atoms with Crippen molar-refractivity contribution >= 4 is 23.5 Å². The van der Waals surface area contributed by atoms with Crippen LogP contribution in [0.5, 0.6) is 0 Å². The molecule has 0 aliphatic carbocycles. The molecule has 0 saturated carbocycles. The molecule has 0 aromatic carbocycles. The summed E-state index contributed by atoms with van der Waals surface area (Å²) in [5.41, 5.74) is 2.78. The van der Waals surface area contributed by atoms with Gasteiger partial charge in [-0.05, 0) is 37.6 Å². The van der Waals surface area contributed by atoms with E-state index in [-0.39, 0.29) is 18.1 Å². The number of piperazine rings is 1. The van der Waals surface area contributed by atoms with Gasteiger partial charge >= 0.3 is 6.09 Å². The van der Waals surface area contributed by atoms with E-state index in [9.17, 15) is 14.4 Å². The lowest BCUT2D eigenvalue weighted by Gasteiger charge is -2.36. The molecule has 2 aromatic heterocycles. The van der Waals surface area contributed by atoms with Crippen LogP contribution in [0.25, 0.3) is 0 Å². The number of H-pyrrole nitrogens is 1. The lowest BCUT2D eigenvalue weighted by molar-refractivity contribution is 0.0958. The molecule has 10 heteroatoms. The van der Waals surface area contributed by atoms with Crippen molar-refractivity contribution in [3.8, 4) is 0 Å². The number of carbonyl (C=O) groups excluding carboxylic acids is 2. The molecule has 0 radical (unpaired) electrons. The number of ether oxygens (including phenoxy) is 1. The van der Waals surface area contributed by atoms with Gasteiger partial charge in [0, 0.05) is 45.8 Å². The Morgan fingerprint density at radius 1 is 1.19 bits per heavy atom. The van der Waals surface area contributed by atoms with Crippen LogP contribution in [0.3, 0.4) is 0 Å². The zero-order valence-corrected chi connectivity index (χ0v) is 18.0. The van der Waals surface area contributed by atoms with Crippen LogP contribution in [-0.2, 0) is 11.3 Å². The number of aromatic amines is 1. The van der Waals surface area contributed by atoms with Crippen LogP contribution in [0, 0.1) is 6.92 Å². The average molecular weight is 428 g/mol. The van der Waals surface area contributed by atoms with Gasteiger partial charge in [0.05, 0.1) is 18.0 Å². The number of hydrogen-bond donors (Lipinski definition) is 3. The highest BCUT2D eigenvalue weighted by Crippen LogP contribution is 2.21. The Morgan fingerprint density at radius 3 is 2.58 bits per heavy atom. The van der Waals surface area contributed by atoms with Crippen molar-refractivity contribution in [2.45, 2.75) is 20.4 Å². The summed E-state index contributed by atoms with van der Waals surface area (Å²) in [6.07, 6.45) is -0.602. The quantitative estimate of drug-likeness (QED) is 0.635. The first-order valence-electron chi connectivity index (χ1n) is 10.2. The van der Waals surface area contributed by atoms with Gasteiger partial charge in [-0.15, -0.1) is 0 Å². The Morgan fingerprint density at radius 2 is 1.94 bits per heavy atom. The number of nitrogens with zero attached hydrogens (tertiary/aromatic N) is 3. The van der Waals surface area contributed by atoms with Crippen LogP contribution in [0.15, 0.2) is 29.1 Å². The maximum absolute atomic E-state index is 12.0. The molecule has 2 amide bonds. The molecular weight excluding hydrogens is 400 g/mol. The summed E-state index contributed by atoms with van der Waals surface area (Å²) in [7, 11) is 1.59. The number of carbonyl (C=O) groups is 2. The van der Waals surface area contributed by atoms with Gasteiger partial charge < -0.3 is 19.9 Å². The molecular formula is C21H28N6O4. The number of pyridine rings is 2. The topological polar surface area (TPSA) is 120 Å². The largest absolute Gasteiger partial charge is 0.450 e. The summed E-state index contributed by atoms with van der Waals surface area (Å²) in [5, 5.41) is 5.12. The summed E-state index contributed by atoms with van der Waals surface area (Å²) < 4.78 is 4.85. The molecule has 1 aliphatic heterocycles. The summed E-state index contributed by atoms with van der Waals surface area (Å²) >= 11 is 0. The molecule has 3 rings (SSSR count). The molecule has 166 valence electrons. The SMILES string of the molecule is CCOC(=O)Nc1cc(CN2CCN(c3ccc(C(=O)NC)nc3C)CC2)cc(=O)[nH]1. The maximum atomic E-state index is 12.0. The molecule has 1 saturated heterocycles. The molecule has 2 aromatic rings. The summed E-state index contributed by atoms with van der Waals surface area (Å²) in [4.78, 5) is 46.8. The Kier molecular flexibility index (Phi) is 7.24. The third-order valence-corrected chi connectivity index (χ3v) is 5.05. The smallest absolute Gasteiger partial charge is 0.412 e. The van der Waals surface area contributed by atoms with Crippen molar-refractivity contribution in [2.75, 3.05) is 50.1 Å². The van der Waals surface area contributed by atoms with Crippen LogP contribution in [0.1, 0.15) is 28.7 Å². The molecule has 0 atom stereocenters. The molecule has 1 aliphatic rings. The second kappa shape index (κ2) is 10.1. The molecule has 0 unspecified atom stereocenters. The molecule has 10 nitrogen and oxygen atoms in total. The fraction of sp³-hybridized carbons (Fsp3) is 0.429. The molecule has 3 heterocycles. The van der Waals surface area contributed by atoms with E-state index in [1.807, 2.05) is 13.0 Å². The zero-order valence-electron chi connectivity index (χ0n) is 18.0. The van der Waals surface area contributed by atoms with E-state index in [0.29, 0.717) is 18.1 Å². The molecule has 31 heavy (non-hydrogen) atoms. The summed E-state index contributed by atoms with van der Waals surface area (Å²) in [6.45, 7) is 7.70. The molecule has 1 fully saturated rings. The Bertz CT molecular complexity index is 998. The van der Waals surface area contributed by atoms with Crippen molar-refractivity contribution in [3.05, 3.63) is 51.6 Å². The van der Waals surface area contributed by atoms with E-state index >= 15 is 0 Å². The fourth-order valence-corrected chi connectivity index (χ4v) is 3.58. The minimum atomic E-state index is -0.602. The van der Waals surface area contributed by atoms with E-state index < -0.39 is 6.09 Å². The number of hydrogen-bond acceptors (Lipinski definition) is 7. The van der Waals surface area contributed by atoms with Gasteiger partial charge in [-0.25, -0.2) is 9.78 Å². The van der Waals surface area contributed by atoms with Crippen LogP contribution in [0.4, 0.5) is 16.3 Å². The summed E-state index contributed by atoms with van der Waals surface area (Å²) in [5.74, 6) is 0.117. The minimum absolute atomic E-state index is 0.200. The lowest BCUT2D eigenvalue weighted by atomic mass is 10.2. The second-order valence-electron chi connectivity index (χ2n) is 7.26. The normalized spacial score (nSPS) is 14.2. The average Bonchev–Trinajstić information content (AvgIpc) is 2.73. The van der Waals surface area contributed by atoms with Crippen molar-refractivity contribution < 1.29 is 14.3 Å². The predicted molar refractivity (Wildman–Crippen MR) is 118 cm³/mol. The minimum Gasteiger partial charge on any atom is -0.450 e. The van der Waals surface area contributed by atoms with E-state index in [0.717, 1.165) is 43.1 Å². The standard InChI is InChI=1S/C21H28N6O4/c1-4-31-21(30)25-18-11-15(12-19(28)24-18)13-26-7-9-27(10-8-26)17-6-5-16(20(29)22-3)23-14(17)2/h5-6,11-12H,4,7-10,13H2,1-3H3,(H,22,29)(H2,24,25,28,30). The highest BCUT2D eigenvalue weighted by molar-refractivity contribution is 5.92. The van der Waals surface area contributed by atoms with E-state index in [2.05, 4.69) is 30.4 Å². The number of aryl methyl sites for hydroxylation is 1. The van der Waals surface area contributed by atoms with Crippen LogP contribution >= 0.6 is 0 Å². The summed E-state index contributed by atoms with van der Waals surface area (Å²) in [6, 6.07) is 6.96. The molecule has 0 bridgehead atoms. The number of nitrogens with one attached hydrogen (secondary N) is 3. The molecule has 0 spiro atoms. The first-order chi connectivity index (χ1) is 14.9. The maximum Gasteiger partial charge on any atom is 0.412 e. The lowest BCUT2D eigenvalue weighted by Crippen LogP contribution is -2.46. The zero-order chi connectivity index (χ0) is 22.4. The monoisotopic (exact) mass is 428 g/mol. The Labute approximate surface area is 180 Å². The van der Waals surface area contributed by atoms with Crippen molar-refractivity contribution in [2.24, 2.45) is 0 Å². The number of aromatic nitrogens is 2. The van der Waals surface area contributed by atoms with Gasteiger partial charge in [0.1, 0.15) is 11.5 Å². The van der Waals surface area contributed by atoms with Crippen molar-refractivity contribution in [1.29, 1.82) is 0 Å².